The standard InChI is InChI=1S/C25H27BrClN/c1-12-15-4-2-5-16(15)23(26)20-9-13(8-19(12)20)14-10-21-22(11-14)25(28)18-7-3-6-17(18)24(21)27/h13-14H,2-11,28H2,1H3. The van der Waals surface area contributed by atoms with Crippen LogP contribution in [0.15, 0.2) is 4.47 Å². The minimum Gasteiger partial charge on any atom is -0.398 e. The number of benzene rings is 2. The van der Waals surface area contributed by atoms with Crippen molar-refractivity contribution in [2.45, 2.75) is 71.1 Å². The first-order chi connectivity index (χ1) is 13.5. The highest BCUT2D eigenvalue weighted by atomic mass is 79.9. The molecule has 146 valence electrons. The van der Waals surface area contributed by atoms with Crippen molar-refractivity contribution in [2.75, 3.05) is 5.73 Å². The van der Waals surface area contributed by atoms with E-state index in [0.29, 0.717) is 5.92 Å². The van der Waals surface area contributed by atoms with E-state index in [1.807, 2.05) is 0 Å². The van der Waals surface area contributed by atoms with Gasteiger partial charge < -0.3 is 5.73 Å². The topological polar surface area (TPSA) is 26.0 Å². The molecule has 2 N–H and O–H groups in total. The molecule has 0 aliphatic heterocycles. The first-order valence-corrected chi connectivity index (χ1v) is 12.1. The Morgan fingerprint density at radius 2 is 1.29 bits per heavy atom. The summed E-state index contributed by atoms with van der Waals surface area (Å²) in [5.74, 6) is 1.41. The third-order valence-corrected chi connectivity index (χ3v) is 9.72. The minimum absolute atomic E-state index is 0.686. The van der Waals surface area contributed by atoms with Crippen LogP contribution in [0.5, 0.6) is 0 Å². The van der Waals surface area contributed by atoms with Gasteiger partial charge in [0.15, 0.2) is 0 Å². The van der Waals surface area contributed by atoms with Gasteiger partial charge in [0.1, 0.15) is 0 Å². The summed E-state index contributed by atoms with van der Waals surface area (Å²) in [5, 5.41) is 1.06. The Morgan fingerprint density at radius 3 is 2.07 bits per heavy atom. The average molecular weight is 457 g/mol. The first-order valence-electron chi connectivity index (χ1n) is 11.0. The van der Waals surface area contributed by atoms with E-state index in [4.69, 9.17) is 17.3 Å². The maximum Gasteiger partial charge on any atom is 0.0477 e. The summed E-state index contributed by atoms with van der Waals surface area (Å²) in [6.07, 6.45) is 12.0. The number of hydrogen-bond acceptors (Lipinski definition) is 1. The lowest BCUT2D eigenvalue weighted by Gasteiger charge is -2.17. The lowest BCUT2D eigenvalue weighted by atomic mass is 9.87. The largest absolute Gasteiger partial charge is 0.398 e. The number of halogens is 2. The molecule has 28 heavy (non-hydrogen) atoms. The predicted molar refractivity (Wildman–Crippen MR) is 121 cm³/mol. The highest BCUT2D eigenvalue weighted by Gasteiger charge is 2.39. The van der Waals surface area contributed by atoms with Crippen molar-refractivity contribution in [3.63, 3.8) is 0 Å². The maximum absolute atomic E-state index is 6.89. The molecule has 3 heteroatoms. The summed E-state index contributed by atoms with van der Waals surface area (Å²) in [5.41, 5.74) is 21.4. The van der Waals surface area contributed by atoms with Gasteiger partial charge in [-0.2, -0.15) is 0 Å². The van der Waals surface area contributed by atoms with E-state index in [1.54, 1.807) is 27.8 Å². The smallest absolute Gasteiger partial charge is 0.0477 e. The molecule has 2 aromatic rings. The van der Waals surface area contributed by atoms with Gasteiger partial charge in [0.05, 0.1) is 0 Å². The molecule has 0 radical (unpaired) electrons. The van der Waals surface area contributed by atoms with E-state index in [1.165, 1.54) is 65.3 Å². The highest BCUT2D eigenvalue weighted by molar-refractivity contribution is 9.10. The summed E-state index contributed by atoms with van der Waals surface area (Å²) in [6.45, 7) is 2.38. The lowest BCUT2D eigenvalue weighted by molar-refractivity contribution is 0.359. The fourth-order valence-electron chi connectivity index (χ4n) is 6.86. The molecule has 0 fully saturated rings. The van der Waals surface area contributed by atoms with Crippen LogP contribution in [0.1, 0.15) is 62.9 Å². The highest BCUT2D eigenvalue weighted by Crippen LogP contribution is 2.49. The van der Waals surface area contributed by atoms with Crippen molar-refractivity contribution in [1.29, 1.82) is 0 Å². The van der Waals surface area contributed by atoms with E-state index in [0.717, 1.165) is 42.3 Å². The molecule has 0 spiro atoms. The zero-order valence-corrected chi connectivity index (χ0v) is 18.9. The normalized spacial score (nSPS) is 24.4. The van der Waals surface area contributed by atoms with Crippen molar-refractivity contribution in [3.05, 3.63) is 59.6 Å². The van der Waals surface area contributed by atoms with Crippen LogP contribution in [-0.2, 0) is 51.4 Å². The van der Waals surface area contributed by atoms with Crippen molar-refractivity contribution in [2.24, 2.45) is 11.8 Å². The Balaban J connectivity index is 1.34. The fraction of sp³-hybridized carbons (Fsp3) is 0.520. The van der Waals surface area contributed by atoms with Gasteiger partial charge in [0.2, 0.25) is 0 Å². The van der Waals surface area contributed by atoms with Crippen LogP contribution in [0.2, 0.25) is 5.02 Å². The first kappa shape index (κ1) is 17.8. The summed E-state index contributed by atoms with van der Waals surface area (Å²) >= 11 is 10.9. The van der Waals surface area contributed by atoms with E-state index in [-0.39, 0.29) is 0 Å². The molecule has 0 amide bonds. The van der Waals surface area contributed by atoms with Crippen molar-refractivity contribution in [1.82, 2.24) is 0 Å². The second-order valence-corrected chi connectivity index (χ2v) is 10.7. The SMILES string of the molecule is Cc1c2c(c(Br)c3c1CC(C1Cc4c(N)c5c(c(Cl)c4C1)CCC5)C3)CCC2. The molecule has 0 heterocycles. The van der Waals surface area contributed by atoms with Gasteiger partial charge >= 0.3 is 0 Å². The van der Waals surface area contributed by atoms with Crippen LogP contribution in [0.3, 0.4) is 0 Å². The van der Waals surface area contributed by atoms with Crippen molar-refractivity contribution >= 4 is 33.2 Å². The molecule has 6 rings (SSSR count). The van der Waals surface area contributed by atoms with Crippen LogP contribution in [0.4, 0.5) is 5.69 Å². The molecule has 2 aromatic carbocycles. The van der Waals surface area contributed by atoms with Gasteiger partial charge in [-0.25, -0.2) is 0 Å². The second-order valence-electron chi connectivity index (χ2n) is 9.54. The monoisotopic (exact) mass is 455 g/mol. The average Bonchev–Trinajstić information content (AvgIpc) is 3.46. The Labute approximate surface area is 181 Å². The molecule has 0 bridgehead atoms. The van der Waals surface area contributed by atoms with Crippen LogP contribution >= 0.6 is 27.5 Å². The fourth-order valence-corrected chi connectivity index (χ4v) is 8.10. The lowest BCUT2D eigenvalue weighted by Crippen LogP contribution is -2.15. The summed E-state index contributed by atoms with van der Waals surface area (Å²) < 4.78 is 1.44. The number of hydrogen-bond donors (Lipinski definition) is 1. The molecular formula is C25H27BrClN. The predicted octanol–water partition coefficient (Wildman–Crippen LogP) is 6.10. The third-order valence-electron chi connectivity index (χ3n) is 8.31. The molecule has 0 saturated heterocycles. The van der Waals surface area contributed by atoms with Gasteiger partial charge in [-0.05, 0) is 133 Å². The molecule has 4 aliphatic carbocycles. The van der Waals surface area contributed by atoms with E-state index >= 15 is 0 Å². The minimum atomic E-state index is 0.686. The Hall–Kier alpha value is -0.990. The molecular weight excluding hydrogens is 430 g/mol. The van der Waals surface area contributed by atoms with Gasteiger partial charge in [-0.1, -0.05) is 27.5 Å². The number of fused-ring (bicyclic) bond motifs is 4. The zero-order chi connectivity index (χ0) is 19.2. The summed E-state index contributed by atoms with van der Waals surface area (Å²) in [7, 11) is 0. The van der Waals surface area contributed by atoms with Crippen LogP contribution in [0.25, 0.3) is 0 Å². The van der Waals surface area contributed by atoms with E-state index in [9.17, 15) is 0 Å². The van der Waals surface area contributed by atoms with Gasteiger partial charge in [-0.3, -0.25) is 0 Å². The second kappa shape index (κ2) is 6.25. The number of nitrogens with two attached hydrogens (primary N) is 1. The molecule has 4 aliphatic rings. The Morgan fingerprint density at radius 1 is 0.714 bits per heavy atom. The quantitative estimate of drug-likeness (QED) is 0.515. The number of nitrogen functional groups attached to an aromatic ring is 1. The Bertz CT molecular complexity index is 877. The van der Waals surface area contributed by atoms with Gasteiger partial charge in [0.25, 0.3) is 0 Å². The van der Waals surface area contributed by atoms with Crippen molar-refractivity contribution < 1.29 is 0 Å². The summed E-state index contributed by atoms with van der Waals surface area (Å²) in [4.78, 5) is 0. The molecule has 2 unspecified atom stereocenters. The van der Waals surface area contributed by atoms with Crippen LogP contribution in [-0.4, -0.2) is 0 Å². The summed E-state index contributed by atoms with van der Waals surface area (Å²) in [6, 6.07) is 0. The van der Waals surface area contributed by atoms with Gasteiger partial charge in [-0.15, -0.1) is 0 Å². The van der Waals surface area contributed by atoms with Gasteiger partial charge in [0, 0.05) is 15.2 Å². The maximum atomic E-state index is 6.89. The molecule has 1 nitrogen and oxygen atoms in total. The molecule has 0 aromatic heterocycles. The number of anilines is 1. The van der Waals surface area contributed by atoms with Crippen molar-refractivity contribution in [3.8, 4) is 0 Å². The zero-order valence-electron chi connectivity index (χ0n) is 16.6. The number of rotatable bonds is 1. The Kier molecular flexibility index (Phi) is 3.98. The van der Waals surface area contributed by atoms with Crippen LogP contribution in [0, 0.1) is 18.8 Å². The molecule has 2 atom stereocenters. The third kappa shape index (κ3) is 2.31. The van der Waals surface area contributed by atoms with E-state index < -0.39 is 0 Å². The van der Waals surface area contributed by atoms with Crippen LogP contribution < -0.4 is 5.73 Å². The van der Waals surface area contributed by atoms with E-state index in [2.05, 4.69) is 22.9 Å². The molecule has 0 saturated carbocycles.